The fourth-order valence-corrected chi connectivity index (χ4v) is 3.37. The third-order valence-electron chi connectivity index (χ3n) is 4.78. The third kappa shape index (κ3) is 6.45. The van der Waals surface area contributed by atoms with Crippen LogP contribution in [0.15, 0.2) is 18.3 Å². The molecule has 3 heteroatoms. The van der Waals surface area contributed by atoms with Gasteiger partial charge in [-0.2, -0.15) is 0 Å². The SMILES string of the molecule is CCc1cc(CCC[C@H](O)CNCC2CCCCC2)ccn1. The average Bonchev–Trinajstić information content (AvgIpc) is 2.56. The van der Waals surface area contributed by atoms with Crippen molar-refractivity contribution in [3.05, 3.63) is 29.6 Å². The first kappa shape index (κ1) is 17.4. The maximum atomic E-state index is 10.1. The molecule has 0 aliphatic heterocycles. The van der Waals surface area contributed by atoms with Crippen LogP contribution in [0.4, 0.5) is 0 Å². The highest BCUT2D eigenvalue weighted by Crippen LogP contribution is 2.22. The Labute approximate surface area is 135 Å². The van der Waals surface area contributed by atoms with Crippen LogP contribution in [-0.2, 0) is 12.8 Å². The van der Waals surface area contributed by atoms with Gasteiger partial charge in [0.05, 0.1) is 6.10 Å². The van der Waals surface area contributed by atoms with E-state index in [0.29, 0.717) is 0 Å². The lowest BCUT2D eigenvalue weighted by molar-refractivity contribution is 0.156. The van der Waals surface area contributed by atoms with Gasteiger partial charge in [0, 0.05) is 18.4 Å². The first-order valence-corrected chi connectivity index (χ1v) is 9.10. The summed E-state index contributed by atoms with van der Waals surface area (Å²) in [5.41, 5.74) is 2.50. The van der Waals surface area contributed by atoms with E-state index in [2.05, 4.69) is 29.4 Å². The van der Waals surface area contributed by atoms with Crippen molar-refractivity contribution in [1.82, 2.24) is 10.3 Å². The third-order valence-corrected chi connectivity index (χ3v) is 4.78. The van der Waals surface area contributed by atoms with Crippen LogP contribution in [-0.4, -0.2) is 29.3 Å². The highest BCUT2D eigenvalue weighted by atomic mass is 16.3. The number of hydrogen-bond acceptors (Lipinski definition) is 3. The Morgan fingerprint density at radius 1 is 1.32 bits per heavy atom. The van der Waals surface area contributed by atoms with Crippen LogP contribution in [0.5, 0.6) is 0 Å². The number of hydrogen-bond donors (Lipinski definition) is 2. The number of aliphatic hydroxyl groups is 1. The van der Waals surface area contributed by atoms with Crippen molar-refractivity contribution < 1.29 is 5.11 Å². The van der Waals surface area contributed by atoms with Gasteiger partial charge in [0.2, 0.25) is 0 Å². The van der Waals surface area contributed by atoms with Gasteiger partial charge in [0.25, 0.3) is 0 Å². The number of nitrogens with one attached hydrogen (secondary N) is 1. The van der Waals surface area contributed by atoms with E-state index in [0.717, 1.165) is 50.4 Å². The molecule has 2 N–H and O–H groups in total. The fraction of sp³-hybridized carbons (Fsp3) is 0.737. The minimum absolute atomic E-state index is 0.212. The van der Waals surface area contributed by atoms with Crippen molar-refractivity contribution in [2.45, 2.75) is 70.8 Å². The summed E-state index contributed by atoms with van der Waals surface area (Å²) in [4.78, 5) is 4.33. The minimum Gasteiger partial charge on any atom is -0.392 e. The summed E-state index contributed by atoms with van der Waals surface area (Å²) in [6.07, 6.45) is 12.6. The minimum atomic E-state index is -0.212. The molecule has 22 heavy (non-hydrogen) atoms. The molecule has 0 spiro atoms. The molecule has 0 amide bonds. The van der Waals surface area contributed by atoms with Gasteiger partial charge in [0.1, 0.15) is 0 Å². The Bertz CT molecular complexity index is 416. The molecule has 1 aliphatic carbocycles. The summed E-state index contributed by atoms with van der Waals surface area (Å²) >= 11 is 0. The van der Waals surface area contributed by atoms with Gasteiger partial charge in [-0.3, -0.25) is 4.98 Å². The molecule has 1 aromatic rings. The molecule has 0 aromatic carbocycles. The molecule has 0 saturated heterocycles. The Kier molecular flexibility index (Phi) is 7.89. The molecule has 1 heterocycles. The molecule has 3 nitrogen and oxygen atoms in total. The number of rotatable bonds is 9. The number of aliphatic hydroxyl groups excluding tert-OH is 1. The summed E-state index contributed by atoms with van der Waals surface area (Å²) in [6.45, 7) is 3.96. The number of aryl methyl sites for hydroxylation is 2. The van der Waals surface area contributed by atoms with Crippen LogP contribution in [0, 0.1) is 5.92 Å². The van der Waals surface area contributed by atoms with Gasteiger partial charge in [-0.25, -0.2) is 0 Å². The molecule has 1 atom stereocenters. The maximum absolute atomic E-state index is 10.1. The van der Waals surface area contributed by atoms with E-state index < -0.39 is 0 Å². The topological polar surface area (TPSA) is 45.1 Å². The monoisotopic (exact) mass is 304 g/mol. The molecule has 0 radical (unpaired) electrons. The zero-order chi connectivity index (χ0) is 15.6. The van der Waals surface area contributed by atoms with E-state index in [1.807, 2.05) is 6.20 Å². The predicted octanol–water partition coefficient (Wildman–Crippen LogP) is 3.50. The smallest absolute Gasteiger partial charge is 0.0664 e. The van der Waals surface area contributed by atoms with Crippen molar-refractivity contribution in [3.8, 4) is 0 Å². The molecular formula is C19H32N2O. The van der Waals surface area contributed by atoms with Crippen LogP contribution in [0.25, 0.3) is 0 Å². The van der Waals surface area contributed by atoms with Crippen LogP contribution in [0.2, 0.25) is 0 Å². The summed E-state index contributed by atoms with van der Waals surface area (Å²) in [5.74, 6) is 0.838. The van der Waals surface area contributed by atoms with Crippen molar-refractivity contribution >= 4 is 0 Å². The molecule has 1 aliphatic rings. The summed E-state index contributed by atoms with van der Waals surface area (Å²) in [5, 5.41) is 13.5. The second-order valence-electron chi connectivity index (χ2n) is 6.72. The van der Waals surface area contributed by atoms with Crippen LogP contribution in [0.3, 0.4) is 0 Å². The molecule has 0 bridgehead atoms. The highest BCUT2D eigenvalue weighted by Gasteiger charge is 2.13. The standard InChI is InChI=1S/C19H32N2O/c1-2-18-13-16(11-12-21-18)9-6-10-19(22)15-20-14-17-7-4-3-5-8-17/h11-13,17,19-20,22H,2-10,14-15H2,1H3/t19-/m0/s1. The largest absolute Gasteiger partial charge is 0.392 e. The second kappa shape index (κ2) is 9.96. The second-order valence-corrected chi connectivity index (χ2v) is 6.72. The van der Waals surface area contributed by atoms with Crippen molar-refractivity contribution in [3.63, 3.8) is 0 Å². The van der Waals surface area contributed by atoms with E-state index in [-0.39, 0.29) is 6.10 Å². The van der Waals surface area contributed by atoms with Crippen LogP contribution >= 0.6 is 0 Å². The van der Waals surface area contributed by atoms with E-state index in [9.17, 15) is 5.11 Å². The van der Waals surface area contributed by atoms with Gasteiger partial charge in [-0.05, 0) is 68.7 Å². The molecule has 124 valence electrons. The Morgan fingerprint density at radius 2 is 2.14 bits per heavy atom. The fourth-order valence-electron chi connectivity index (χ4n) is 3.37. The normalized spacial score (nSPS) is 17.5. The van der Waals surface area contributed by atoms with E-state index in [4.69, 9.17) is 0 Å². The van der Waals surface area contributed by atoms with Gasteiger partial charge < -0.3 is 10.4 Å². The zero-order valence-corrected chi connectivity index (χ0v) is 14.1. The summed E-state index contributed by atoms with van der Waals surface area (Å²) in [6, 6.07) is 4.28. The Hall–Kier alpha value is -0.930. The lowest BCUT2D eigenvalue weighted by Gasteiger charge is -2.22. The van der Waals surface area contributed by atoms with Crippen molar-refractivity contribution in [1.29, 1.82) is 0 Å². The van der Waals surface area contributed by atoms with Gasteiger partial charge >= 0.3 is 0 Å². The highest BCUT2D eigenvalue weighted by molar-refractivity contribution is 5.16. The van der Waals surface area contributed by atoms with Crippen molar-refractivity contribution in [2.75, 3.05) is 13.1 Å². The van der Waals surface area contributed by atoms with Crippen molar-refractivity contribution in [2.24, 2.45) is 5.92 Å². The number of nitrogens with zero attached hydrogens (tertiary/aromatic N) is 1. The molecular weight excluding hydrogens is 272 g/mol. The van der Waals surface area contributed by atoms with E-state index in [1.54, 1.807) is 0 Å². The maximum Gasteiger partial charge on any atom is 0.0664 e. The molecule has 0 unspecified atom stereocenters. The first-order chi connectivity index (χ1) is 10.8. The quantitative estimate of drug-likeness (QED) is 0.734. The van der Waals surface area contributed by atoms with Gasteiger partial charge in [-0.15, -0.1) is 0 Å². The number of aromatic nitrogens is 1. The first-order valence-electron chi connectivity index (χ1n) is 9.10. The molecule has 1 aromatic heterocycles. The number of pyridine rings is 1. The lowest BCUT2D eigenvalue weighted by Crippen LogP contribution is -2.31. The average molecular weight is 304 g/mol. The lowest BCUT2D eigenvalue weighted by atomic mass is 9.89. The zero-order valence-electron chi connectivity index (χ0n) is 14.1. The van der Waals surface area contributed by atoms with Gasteiger partial charge in [-0.1, -0.05) is 26.2 Å². The molecule has 2 rings (SSSR count). The van der Waals surface area contributed by atoms with E-state index >= 15 is 0 Å². The Morgan fingerprint density at radius 3 is 2.91 bits per heavy atom. The van der Waals surface area contributed by atoms with Crippen LogP contribution in [0.1, 0.15) is 63.1 Å². The Balaban J connectivity index is 1.56. The summed E-state index contributed by atoms with van der Waals surface area (Å²) in [7, 11) is 0. The predicted molar refractivity (Wildman–Crippen MR) is 92.0 cm³/mol. The van der Waals surface area contributed by atoms with Gasteiger partial charge in [0.15, 0.2) is 0 Å². The molecule has 1 fully saturated rings. The van der Waals surface area contributed by atoms with Crippen LogP contribution < -0.4 is 5.32 Å². The van der Waals surface area contributed by atoms with E-state index in [1.165, 1.54) is 37.7 Å². The molecule has 1 saturated carbocycles. The summed E-state index contributed by atoms with van der Waals surface area (Å²) < 4.78 is 0.